The van der Waals surface area contributed by atoms with Crippen LogP contribution >= 0.6 is 0 Å². The molecule has 0 unspecified atom stereocenters. The van der Waals surface area contributed by atoms with Crippen LogP contribution in [0.15, 0.2) is 30.3 Å². The van der Waals surface area contributed by atoms with Gasteiger partial charge in [0.2, 0.25) is 0 Å². The summed E-state index contributed by atoms with van der Waals surface area (Å²) in [5, 5.41) is 0. The number of benzene rings is 1. The lowest BCUT2D eigenvalue weighted by Gasteiger charge is -2.35. The number of carbonyl (C=O) groups is 1. The van der Waals surface area contributed by atoms with Crippen molar-refractivity contribution in [2.75, 3.05) is 26.3 Å². The van der Waals surface area contributed by atoms with Crippen LogP contribution in [0.3, 0.4) is 0 Å². The van der Waals surface area contributed by atoms with Crippen molar-refractivity contribution < 1.29 is 19.0 Å². The molecule has 152 valence electrons. The summed E-state index contributed by atoms with van der Waals surface area (Å²) in [4.78, 5) is 14.1. The van der Waals surface area contributed by atoms with Gasteiger partial charge in [-0.15, -0.1) is 0 Å². The molecule has 0 aromatic heterocycles. The molecular formula is C22H35NO4. The summed E-state index contributed by atoms with van der Waals surface area (Å²) in [5.74, 6) is 0.344. The number of amides is 1. The van der Waals surface area contributed by atoms with Gasteiger partial charge in [0.1, 0.15) is 6.61 Å². The smallest absolute Gasteiger partial charge is 0.410 e. The quantitative estimate of drug-likeness (QED) is 0.402. The Bertz CT molecular complexity index is 504. The molecule has 0 atom stereocenters. The SMILES string of the molecule is CCCCOC(OCCCC)C1CCN(C(=O)OCc2ccccc2)CC1. The summed E-state index contributed by atoms with van der Waals surface area (Å²) in [6, 6.07) is 9.78. The molecule has 1 aromatic rings. The van der Waals surface area contributed by atoms with Crippen LogP contribution in [0, 0.1) is 5.92 Å². The molecule has 27 heavy (non-hydrogen) atoms. The van der Waals surface area contributed by atoms with Crippen LogP contribution in [0.25, 0.3) is 0 Å². The second-order valence-corrected chi connectivity index (χ2v) is 7.18. The first-order valence-electron chi connectivity index (χ1n) is 10.4. The van der Waals surface area contributed by atoms with Gasteiger partial charge >= 0.3 is 6.09 Å². The molecule has 1 fully saturated rings. The molecule has 1 saturated heterocycles. The third kappa shape index (κ3) is 7.89. The fourth-order valence-corrected chi connectivity index (χ4v) is 3.17. The number of carbonyl (C=O) groups excluding carboxylic acids is 1. The third-order valence-corrected chi connectivity index (χ3v) is 4.95. The van der Waals surface area contributed by atoms with Gasteiger partial charge in [0.05, 0.1) is 0 Å². The van der Waals surface area contributed by atoms with Crippen molar-refractivity contribution in [2.45, 2.75) is 65.3 Å². The normalized spacial score (nSPS) is 15.3. The Hall–Kier alpha value is -1.59. The Morgan fingerprint density at radius 2 is 1.63 bits per heavy atom. The van der Waals surface area contributed by atoms with Gasteiger partial charge in [0.15, 0.2) is 6.29 Å². The van der Waals surface area contributed by atoms with Gasteiger partial charge in [-0.3, -0.25) is 0 Å². The van der Waals surface area contributed by atoms with Gasteiger partial charge in [-0.2, -0.15) is 0 Å². The van der Waals surface area contributed by atoms with E-state index in [0.29, 0.717) is 25.6 Å². The second kappa shape index (κ2) is 12.7. The summed E-state index contributed by atoms with van der Waals surface area (Å²) in [6.07, 6.45) is 5.75. The Morgan fingerprint density at radius 3 is 2.19 bits per heavy atom. The molecule has 0 bridgehead atoms. The molecule has 0 saturated carbocycles. The lowest BCUT2D eigenvalue weighted by molar-refractivity contribution is -0.180. The van der Waals surface area contributed by atoms with E-state index >= 15 is 0 Å². The Morgan fingerprint density at radius 1 is 1.04 bits per heavy atom. The van der Waals surface area contributed by atoms with E-state index < -0.39 is 0 Å². The first-order valence-corrected chi connectivity index (χ1v) is 10.4. The van der Waals surface area contributed by atoms with Crippen LogP contribution < -0.4 is 0 Å². The van der Waals surface area contributed by atoms with Gasteiger partial charge in [-0.05, 0) is 31.2 Å². The van der Waals surface area contributed by atoms with E-state index in [0.717, 1.165) is 57.3 Å². The molecule has 1 amide bonds. The highest BCUT2D eigenvalue weighted by atomic mass is 16.7. The van der Waals surface area contributed by atoms with Crippen molar-refractivity contribution in [1.82, 2.24) is 4.90 Å². The predicted octanol–water partition coefficient (Wildman–Crippen LogP) is 4.99. The van der Waals surface area contributed by atoms with Gasteiger partial charge < -0.3 is 19.1 Å². The number of nitrogens with zero attached hydrogens (tertiary/aromatic N) is 1. The largest absolute Gasteiger partial charge is 0.445 e. The fourth-order valence-electron chi connectivity index (χ4n) is 3.17. The van der Waals surface area contributed by atoms with E-state index in [4.69, 9.17) is 14.2 Å². The van der Waals surface area contributed by atoms with Crippen molar-refractivity contribution in [1.29, 1.82) is 0 Å². The number of unbranched alkanes of at least 4 members (excludes halogenated alkanes) is 2. The van der Waals surface area contributed by atoms with E-state index in [-0.39, 0.29) is 12.4 Å². The van der Waals surface area contributed by atoms with E-state index in [2.05, 4.69) is 13.8 Å². The summed E-state index contributed by atoms with van der Waals surface area (Å²) >= 11 is 0. The van der Waals surface area contributed by atoms with E-state index in [9.17, 15) is 4.79 Å². The molecule has 1 heterocycles. The highest BCUT2D eigenvalue weighted by Crippen LogP contribution is 2.25. The maximum Gasteiger partial charge on any atom is 0.410 e. The first kappa shape index (κ1) is 21.7. The van der Waals surface area contributed by atoms with Crippen molar-refractivity contribution in [3.63, 3.8) is 0 Å². The summed E-state index contributed by atoms with van der Waals surface area (Å²) in [7, 11) is 0. The topological polar surface area (TPSA) is 48.0 Å². The Balaban J connectivity index is 1.75. The van der Waals surface area contributed by atoms with Crippen LogP contribution in [0.5, 0.6) is 0 Å². The minimum Gasteiger partial charge on any atom is -0.445 e. The second-order valence-electron chi connectivity index (χ2n) is 7.18. The summed E-state index contributed by atoms with van der Waals surface area (Å²) < 4.78 is 17.5. The first-order chi connectivity index (χ1) is 13.2. The maximum absolute atomic E-state index is 12.3. The molecule has 0 aliphatic carbocycles. The summed E-state index contributed by atoms with van der Waals surface area (Å²) in [5.41, 5.74) is 1.01. The molecule has 5 nitrogen and oxygen atoms in total. The van der Waals surface area contributed by atoms with Gasteiger partial charge in [0, 0.05) is 32.2 Å². The number of likely N-dealkylation sites (tertiary alicyclic amines) is 1. The molecule has 1 aliphatic heterocycles. The zero-order valence-electron chi connectivity index (χ0n) is 16.9. The van der Waals surface area contributed by atoms with Crippen LogP contribution in [0.4, 0.5) is 4.79 Å². The number of piperidine rings is 1. The van der Waals surface area contributed by atoms with Crippen molar-refractivity contribution >= 4 is 6.09 Å². The average molecular weight is 378 g/mol. The van der Waals surface area contributed by atoms with Crippen molar-refractivity contribution in [2.24, 2.45) is 5.92 Å². The minimum absolute atomic E-state index is 0.148. The Labute approximate surface area is 164 Å². The molecule has 1 aliphatic rings. The van der Waals surface area contributed by atoms with Gasteiger partial charge in [-0.1, -0.05) is 57.0 Å². The lowest BCUT2D eigenvalue weighted by Crippen LogP contribution is -2.42. The number of hydrogen-bond acceptors (Lipinski definition) is 4. The molecule has 0 radical (unpaired) electrons. The Kier molecular flexibility index (Phi) is 10.2. The standard InChI is InChI=1S/C22H35NO4/c1-3-5-16-25-21(26-17-6-4-2)20-12-14-23(15-13-20)22(24)27-18-19-10-8-7-9-11-19/h7-11,20-21H,3-6,12-18H2,1-2H3. The molecule has 0 spiro atoms. The number of rotatable bonds is 11. The molecule has 0 N–H and O–H groups in total. The summed E-state index contributed by atoms with van der Waals surface area (Å²) in [6.45, 7) is 7.53. The van der Waals surface area contributed by atoms with E-state index in [1.165, 1.54) is 0 Å². The van der Waals surface area contributed by atoms with Crippen LogP contribution in [-0.4, -0.2) is 43.6 Å². The zero-order valence-corrected chi connectivity index (χ0v) is 16.9. The lowest BCUT2D eigenvalue weighted by atomic mass is 9.96. The van der Waals surface area contributed by atoms with E-state index in [1.807, 2.05) is 30.3 Å². The van der Waals surface area contributed by atoms with Crippen LogP contribution in [0.1, 0.15) is 57.9 Å². The fraction of sp³-hybridized carbons (Fsp3) is 0.682. The predicted molar refractivity (Wildman–Crippen MR) is 106 cm³/mol. The monoisotopic (exact) mass is 377 g/mol. The number of ether oxygens (including phenoxy) is 3. The molecular weight excluding hydrogens is 342 g/mol. The maximum atomic E-state index is 12.3. The molecule has 2 rings (SSSR count). The van der Waals surface area contributed by atoms with E-state index in [1.54, 1.807) is 4.90 Å². The third-order valence-electron chi connectivity index (χ3n) is 4.95. The highest BCUT2D eigenvalue weighted by molar-refractivity contribution is 5.67. The molecule has 1 aromatic carbocycles. The average Bonchev–Trinajstić information content (AvgIpc) is 2.72. The van der Waals surface area contributed by atoms with Crippen molar-refractivity contribution in [3.05, 3.63) is 35.9 Å². The molecule has 5 heteroatoms. The minimum atomic E-state index is -0.229. The van der Waals surface area contributed by atoms with Crippen LogP contribution in [-0.2, 0) is 20.8 Å². The van der Waals surface area contributed by atoms with Gasteiger partial charge in [0.25, 0.3) is 0 Å². The zero-order chi connectivity index (χ0) is 19.3. The van der Waals surface area contributed by atoms with Crippen molar-refractivity contribution in [3.8, 4) is 0 Å². The van der Waals surface area contributed by atoms with Gasteiger partial charge in [-0.25, -0.2) is 4.79 Å². The highest BCUT2D eigenvalue weighted by Gasteiger charge is 2.30. The van der Waals surface area contributed by atoms with Crippen LogP contribution in [0.2, 0.25) is 0 Å². The number of hydrogen-bond donors (Lipinski definition) is 0.